The van der Waals surface area contributed by atoms with Crippen LogP contribution in [0.1, 0.15) is 22.7 Å². The normalized spacial score (nSPS) is 17.3. The minimum Gasteiger partial charge on any atom is -0.507 e. The van der Waals surface area contributed by atoms with Gasteiger partial charge in [0.15, 0.2) is 0 Å². The summed E-state index contributed by atoms with van der Waals surface area (Å²) in [5, 5.41) is 11.2. The van der Waals surface area contributed by atoms with E-state index in [1.165, 1.54) is 37.3 Å². The summed E-state index contributed by atoms with van der Waals surface area (Å²) in [4.78, 5) is 27.5. The number of hydrogen-bond donors (Lipinski definition) is 1. The Kier molecular flexibility index (Phi) is 5.87. The quantitative estimate of drug-likeness (QED) is 0.346. The Labute approximate surface area is 190 Å². The highest BCUT2D eigenvalue weighted by atomic mass is 19.1. The summed E-state index contributed by atoms with van der Waals surface area (Å²) in [6.07, 6.45) is 0. The van der Waals surface area contributed by atoms with Gasteiger partial charge in [0.05, 0.1) is 25.8 Å². The van der Waals surface area contributed by atoms with E-state index in [2.05, 4.69) is 0 Å². The molecule has 1 saturated heterocycles. The molecule has 0 aromatic heterocycles. The number of halogens is 1. The lowest BCUT2D eigenvalue weighted by atomic mass is 9.94. The predicted octanol–water partition coefficient (Wildman–Crippen LogP) is 4.78. The summed E-state index contributed by atoms with van der Waals surface area (Å²) in [5.74, 6) is -1.70. The molecule has 1 atom stereocenters. The molecule has 7 heteroatoms. The summed E-state index contributed by atoms with van der Waals surface area (Å²) >= 11 is 0. The number of hydrogen-bond acceptors (Lipinski definition) is 5. The van der Waals surface area contributed by atoms with E-state index in [1.807, 2.05) is 0 Å². The van der Waals surface area contributed by atoms with Gasteiger partial charge in [0, 0.05) is 22.9 Å². The van der Waals surface area contributed by atoms with E-state index in [1.54, 1.807) is 55.5 Å². The van der Waals surface area contributed by atoms with Crippen LogP contribution in [0.25, 0.3) is 5.76 Å². The number of aliphatic hydroxyl groups excluding tert-OH is 1. The van der Waals surface area contributed by atoms with Crippen LogP contribution in [0.2, 0.25) is 0 Å². The zero-order valence-electron chi connectivity index (χ0n) is 18.3. The lowest BCUT2D eigenvalue weighted by Crippen LogP contribution is -2.29. The summed E-state index contributed by atoms with van der Waals surface area (Å²) < 4.78 is 25.4. The molecule has 1 aliphatic rings. The van der Waals surface area contributed by atoms with Crippen LogP contribution < -0.4 is 14.4 Å². The number of nitrogens with zero attached hydrogens (tertiary/aromatic N) is 1. The van der Waals surface area contributed by atoms with E-state index in [4.69, 9.17) is 9.47 Å². The van der Waals surface area contributed by atoms with Crippen LogP contribution in [0, 0.1) is 12.7 Å². The van der Waals surface area contributed by atoms with Crippen molar-refractivity contribution in [2.75, 3.05) is 19.1 Å². The fourth-order valence-corrected chi connectivity index (χ4v) is 4.03. The van der Waals surface area contributed by atoms with E-state index in [0.717, 1.165) is 5.56 Å². The molecule has 1 unspecified atom stereocenters. The van der Waals surface area contributed by atoms with Gasteiger partial charge in [-0.1, -0.05) is 24.3 Å². The minimum absolute atomic E-state index is 0.0892. The lowest BCUT2D eigenvalue weighted by molar-refractivity contribution is -0.132. The Morgan fingerprint density at radius 2 is 1.73 bits per heavy atom. The largest absolute Gasteiger partial charge is 0.507 e. The molecule has 1 heterocycles. The van der Waals surface area contributed by atoms with Crippen LogP contribution in [0.5, 0.6) is 11.5 Å². The van der Waals surface area contributed by atoms with Gasteiger partial charge in [-0.25, -0.2) is 4.39 Å². The molecule has 6 nitrogen and oxygen atoms in total. The summed E-state index contributed by atoms with van der Waals surface area (Å²) in [5.41, 5.74) is 1.28. The standard InChI is InChI=1S/C26H22FNO5/c1-15-13-16(11-12-21(15)33-3)24(29)22-23(19-9-4-5-10-20(19)27)28(26(31)25(22)30)17-7-6-8-18(14-17)32-2/h4-14,23,29H,1-3H3/b24-22+. The van der Waals surface area contributed by atoms with Gasteiger partial charge < -0.3 is 14.6 Å². The van der Waals surface area contributed by atoms with Crippen molar-refractivity contribution < 1.29 is 28.6 Å². The Morgan fingerprint density at radius 3 is 2.39 bits per heavy atom. The number of rotatable bonds is 5. The van der Waals surface area contributed by atoms with Crippen LogP contribution in [-0.4, -0.2) is 31.0 Å². The van der Waals surface area contributed by atoms with Crippen LogP contribution in [0.4, 0.5) is 10.1 Å². The van der Waals surface area contributed by atoms with Gasteiger partial charge in [-0.05, 0) is 48.9 Å². The Bertz CT molecular complexity index is 1280. The molecule has 0 saturated carbocycles. The van der Waals surface area contributed by atoms with Crippen molar-refractivity contribution in [3.8, 4) is 11.5 Å². The van der Waals surface area contributed by atoms with E-state index in [9.17, 15) is 19.1 Å². The van der Waals surface area contributed by atoms with Crippen molar-refractivity contribution >= 4 is 23.1 Å². The highest BCUT2D eigenvalue weighted by Gasteiger charge is 2.47. The second-order valence-corrected chi connectivity index (χ2v) is 7.58. The number of aliphatic hydroxyl groups is 1. The SMILES string of the molecule is COc1cccc(N2C(=O)C(=O)/C(=C(/O)c3ccc(OC)c(C)c3)C2c2ccccc2F)c1. The smallest absolute Gasteiger partial charge is 0.300 e. The maximum absolute atomic E-state index is 14.9. The average Bonchev–Trinajstić information content (AvgIpc) is 3.09. The van der Waals surface area contributed by atoms with Gasteiger partial charge in [0.2, 0.25) is 0 Å². The molecule has 1 N–H and O–H groups in total. The van der Waals surface area contributed by atoms with Gasteiger partial charge in [0.25, 0.3) is 11.7 Å². The second-order valence-electron chi connectivity index (χ2n) is 7.58. The number of ether oxygens (including phenoxy) is 2. The maximum atomic E-state index is 14.9. The molecule has 168 valence electrons. The fourth-order valence-electron chi connectivity index (χ4n) is 4.03. The number of Topliss-reactive ketones (excluding diaryl/α,β-unsaturated/α-hetero) is 1. The first kappa shape index (κ1) is 22.1. The Morgan fingerprint density at radius 1 is 0.970 bits per heavy atom. The first-order valence-electron chi connectivity index (χ1n) is 10.2. The first-order valence-corrected chi connectivity index (χ1v) is 10.2. The monoisotopic (exact) mass is 447 g/mol. The molecule has 0 radical (unpaired) electrons. The molecule has 0 aliphatic carbocycles. The number of aryl methyl sites for hydroxylation is 1. The lowest BCUT2D eigenvalue weighted by Gasteiger charge is -2.26. The average molecular weight is 447 g/mol. The second kappa shape index (κ2) is 8.78. The molecular weight excluding hydrogens is 425 g/mol. The van der Waals surface area contributed by atoms with Gasteiger partial charge >= 0.3 is 0 Å². The van der Waals surface area contributed by atoms with Crippen LogP contribution >= 0.6 is 0 Å². The third kappa shape index (κ3) is 3.82. The number of anilines is 1. The maximum Gasteiger partial charge on any atom is 0.300 e. The minimum atomic E-state index is -1.17. The van der Waals surface area contributed by atoms with Crippen molar-refractivity contribution in [2.45, 2.75) is 13.0 Å². The van der Waals surface area contributed by atoms with Crippen LogP contribution in [0.3, 0.4) is 0 Å². The molecule has 1 aliphatic heterocycles. The van der Waals surface area contributed by atoms with Crippen LogP contribution in [-0.2, 0) is 9.59 Å². The summed E-state index contributed by atoms with van der Waals surface area (Å²) in [7, 11) is 3.01. The number of ketones is 1. The van der Waals surface area contributed by atoms with Crippen molar-refractivity contribution in [1.82, 2.24) is 0 Å². The molecule has 1 fully saturated rings. The number of amides is 1. The molecule has 3 aromatic rings. The van der Waals surface area contributed by atoms with Gasteiger partial charge in [-0.15, -0.1) is 0 Å². The van der Waals surface area contributed by atoms with Gasteiger partial charge in [0.1, 0.15) is 23.1 Å². The highest BCUT2D eigenvalue weighted by molar-refractivity contribution is 6.51. The number of methoxy groups -OCH3 is 2. The molecule has 0 spiro atoms. The Balaban J connectivity index is 1.96. The first-order chi connectivity index (χ1) is 15.9. The third-order valence-electron chi connectivity index (χ3n) is 5.64. The third-order valence-corrected chi connectivity index (χ3v) is 5.64. The number of carbonyl (C=O) groups is 2. The molecule has 1 amide bonds. The Hall–Kier alpha value is -4.13. The van der Waals surface area contributed by atoms with E-state index in [-0.39, 0.29) is 11.1 Å². The van der Waals surface area contributed by atoms with Crippen molar-refractivity contribution in [3.05, 3.63) is 94.8 Å². The van der Waals surface area contributed by atoms with Crippen molar-refractivity contribution in [2.24, 2.45) is 0 Å². The van der Waals surface area contributed by atoms with Gasteiger partial charge in [-0.3, -0.25) is 14.5 Å². The topological polar surface area (TPSA) is 76.1 Å². The fraction of sp³-hybridized carbons (Fsp3) is 0.154. The number of carbonyl (C=O) groups excluding carboxylic acids is 2. The summed E-state index contributed by atoms with van der Waals surface area (Å²) in [6, 6.07) is 16.1. The molecule has 3 aromatic carbocycles. The molecular formula is C26H22FNO5. The van der Waals surface area contributed by atoms with Gasteiger partial charge in [-0.2, -0.15) is 0 Å². The summed E-state index contributed by atoms with van der Waals surface area (Å²) in [6.45, 7) is 1.79. The zero-order valence-corrected chi connectivity index (χ0v) is 18.3. The molecule has 0 bridgehead atoms. The van der Waals surface area contributed by atoms with Crippen LogP contribution in [0.15, 0.2) is 72.3 Å². The molecule has 33 heavy (non-hydrogen) atoms. The van der Waals surface area contributed by atoms with E-state index < -0.39 is 29.3 Å². The van der Waals surface area contributed by atoms with Crippen molar-refractivity contribution in [1.29, 1.82) is 0 Å². The zero-order chi connectivity index (χ0) is 23.7. The highest BCUT2D eigenvalue weighted by Crippen LogP contribution is 2.43. The predicted molar refractivity (Wildman–Crippen MR) is 122 cm³/mol. The van der Waals surface area contributed by atoms with Crippen molar-refractivity contribution in [3.63, 3.8) is 0 Å². The van der Waals surface area contributed by atoms with E-state index >= 15 is 0 Å². The van der Waals surface area contributed by atoms with E-state index in [0.29, 0.717) is 22.7 Å². The number of benzene rings is 3. The molecule has 4 rings (SSSR count).